The lowest BCUT2D eigenvalue weighted by Gasteiger charge is -2.12. The van der Waals surface area contributed by atoms with Gasteiger partial charge in [-0.15, -0.1) is 0 Å². The van der Waals surface area contributed by atoms with Crippen LogP contribution in [-0.2, 0) is 4.79 Å². The SMILES string of the molecule is CN(C)C(=O)CNC(=O)Nc1cc(C(=O)O)ccc1Br. The summed E-state index contributed by atoms with van der Waals surface area (Å²) in [7, 11) is 3.16. The molecule has 7 nitrogen and oxygen atoms in total. The van der Waals surface area contributed by atoms with Crippen molar-refractivity contribution >= 4 is 39.5 Å². The van der Waals surface area contributed by atoms with Gasteiger partial charge in [0.2, 0.25) is 5.91 Å². The van der Waals surface area contributed by atoms with Crippen molar-refractivity contribution in [3.8, 4) is 0 Å². The largest absolute Gasteiger partial charge is 0.478 e. The van der Waals surface area contributed by atoms with Gasteiger partial charge in [0.1, 0.15) is 0 Å². The van der Waals surface area contributed by atoms with Crippen molar-refractivity contribution in [2.45, 2.75) is 0 Å². The maximum absolute atomic E-state index is 11.6. The number of likely N-dealkylation sites (N-methyl/N-ethyl adjacent to an activating group) is 1. The highest BCUT2D eigenvalue weighted by Crippen LogP contribution is 2.23. The molecule has 0 spiro atoms. The third-order valence-corrected chi connectivity index (χ3v) is 3.05. The van der Waals surface area contributed by atoms with Gasteiger partial charge >= 0.3 is 12.0 Å². The van der Waals surface area contributed by atoms with Crippen LogP contribution in [0.5, 0.6) is 0 Å². The zero-order valence-electron chi connectivity index (χ0n) is 10.9. The van der Waals surface area contributed by atoms with Crippen LogP contribution in [0.3, 0.4) is 0 Å². The second kappa shape index (κ2) is 6.90. The maximum atomic E-state index is 11.6. The lowest BCUT2D eigenvalue weighted by Crippen LogP contribution is -2.38. The topological polar surface area (TPSA) is 98.7 Å². The molecule has 0 saturated carbocycles. The minimum absolute atomic E-state index is 0.0490. The van der Waals surface area contributed by atoms with Crippen molar-refractivity contribution < 1.29 is 19.5 Å². The number of carboxylic acids is 1. The Bertz CT molecular complexity index is 546. The monoisotopic (exact) mass is 343 g/mol. The summed E-state index contributed by atoms with van der Waals surface area (Å²) in [5.41, 5.74) is 0.354. The second-order valence-electron chi connectivity index (χ2n) is 4.10. The lowest BCUT2D eigenvalue weighted by atomic mass is 10.2. The van der Waals surface area contributed by atoms with Gasteiger partial charge in [-0.05, 0) is 34.1 Å². The Morgan fingerprint density at radius 2 is 1.95 bits per heavy atom. The van der Waals surface area contributed by atoms with Gasteiger partial charge in [-0.1, -0.05) is 0 Å². The van der Waals surface area contributed by atoms with Gasteiger partial charge in [-0.2, -0.15) is 0 Å². The number of hydrogen-bond acceptors (Lipinski definition) is 3. The molecule has 108 valence electrons. The Hall–Kier alpha value is -2.09. The van der Waals surface area contributed by atoms with Crippen LogP contribution in [0, 0.1) is 0 Å². The van der Waals surface area contributed by atoms with E-state index in [2.05, 4.69) is 26.6 Å². The normalized spacial score (nSPS) is 9.75. The van der Waals surface area contributed by atoms with Gasteiger partial charge in [0.25, 0.3) is 0 Å². The molecule has 3 N–H and O–H groups in total. The summed E-state index contributed by atoms with van der Waals surface area (Å²) in [6.07, 6.45) is 0. The van der Waals surface area contributed by atoms with E-state index in [1.807, 2.05) is 0 Å². The van der Waals surface area contributed by atoms with E-state index in [1.54, 1.807) is 14.1 Å². The number of carboxylic acid groups (broad SMARTS) is 1. The van der Waals surface area contributed by atoms with Crippen molar-refractivity contribution in [2.75, 3.05) is 26.0 Å². The maximum Gasteiger partial charge on any atom is 0.335 e. The zero-order valence-corrected chi connectivity index (χ0v) is 12.5. The minimum atomic E-state index is -1.09. The van der Waals surface area contributed by atoms with E-state index in [0.717, 1.165) is 0 Å². The van der Waals surface area contributed by atoms with E-state index in [0.29, 0.717) is 10.2 Å². The van der Waals surface area contributed by atoms with Gasteiger partial charge in [0, 0.05) is 18.6 Å². The summed E-state index contributed by atoms with van der Waals surface area (Å²) in [5.74, 6) is -1.35. The van der Waals surface area contributed by atoms with E-state index in [9.17, 15) is 14.4 Å². The van der Waals surface area contributed by atoms with Crippen molar-refractivity contribution in [3.63, 3.8) is 0 Å². The number of benzene rings is 1. The molecule has 0 fully saturated rings. The van der Waals surface area contributed by atoms with E-state index >= 15 is 0 Å². The number of carbonyl (C=O) groups excluding carboxylic acids is 2. The van der Waals surface area contributed by atoms with Crippen molar-refractivity contribution in [3.05, 3.63) is 28.2 Å². The Labute approximate surface area is 124 Å². The number of amides is 3. The number of aromatic carboxylic acids is 1. The smallest absolute Gasteiger partial charge is 0.335 e. The van der Waals surface area contributed by atoms with Gasteiger partial charge in [0.05, 0.1) is 17.8 Å². The van der Waals surface area contributed by atoms with Crippen molar-refractivity contribution in [2.24, 2.45) is 0 Å². The van der Waals surface area contributed by atoms with Gasteiger partial charge in [-0.25, -0.2) is 9.59 Å². The number of anilines is 1. The minimum Gasteiger partial charge on any atom is -0.478 e. The lowest BCUT2D eigenvalue weighted by molar-refractivity contribution is -0.127. The molecule has 0 saturated heterocycles. The predicted octanol–water partition coefficient (Wildman–Crippen LogP) is 1.36. The molecule has 0 atom stereocenters. The molecule has 0 radical (unpaired) electrons. The van der Waals surface area contributed by atoms with E-state index in [4.69, 9.17) is 5.11 Å². The summed E-state index contributed by atoms with van der Waals surface area (Å²) < 4.78 is 0.539. The predicted molar refractivity (Wildman–Crippen MR) is 76.8 cm³/mol. The van der Waals surface area contributed by atoms with E-state index in [-0.39, 0.29) is 18.0 Å². The molecule has 3 amide bonds. The molecule has 0 unspecified atom stereocenters. The first kappa shape index (κ1) is 16.0. The van der Waals surface area contributed by atoms with Crippen LogP contribution >= 0.6 is 15.9 Å². The van der Waals surface area contributed by atoms with Crippen LogP contribution in [0.25, 0.3) is 0 Å². The number of nitrogens with zero attached hydrogens (tertiary/aromatic N) is 1. The Morgan fingerprint density at radius 3 is 2.50 bits per heavy atom. The molecule has 1 aromatic carbocycles. The number of nitrogens with one attached hydrogen (secondary N) is 2. The highest BCUT2D eigenvalue weighted by Gasteiger charge is 2.11. The summed E-state index contributed by atoms with van der Waals surface area (Å²) in [5, 5.41) is 13.7. The highest BCUT2D eigenvalue weighted by atomic mass is 79.9. The van der Waals surface area contributed by atoms with Crippen LogP contribution < -0.4 is 10.6 Å². The first-order valence-electron chi connectivity index (χ1n) is 5.59. The molecule has 0 aliphatic rings. The zero-order chi connectivity index (χ0) is 15.3. The first-order valence-corrected chi connectivity index (χ1v) is 6.38. The summed E-state index contributed by atoms with van der Waals surface area (Å²) in [6.45, 7) is -0.144. The molecule has 1 rings (SSSR count). The average Bonchev–Trinajstić information content (AvgIpc) is 2.38. The number of carbonyl (C=O) groups is 3. The Kier molecular flexibility index (Phi) is 5.51. The second-order valence-corrected chi connectivity index (χ2v) is 4.95. The number of halogens is 1. The van der Waals surface area contributed by atoms with Gasteiger partial charge in [0.15, 0.2) is 0 Å². The quantitative estimate of drug-likeness (QED) is 0.768. The molecule has 0 aliphatic heterocycles. The third kappa shape index (κ3) is 4.54. The summed E-state index contributed by atoms with van der Waals surface area (Å²) in [4.78, 5) is 35.1. The summed E-state index contributed by atoms with van der Waals surface area (Å²) in [6, 6.07) is 3.65. The van der Waals surface area contributed by atoms with Gasteiger partial charge < -0.3 is 20.6 Å². The summed E-state index contributed by atoms with van der Waals surface area (Å²) >= 11 is 3.20. The number of rotatable bonds is 4. The molecule has 0 aromatic heterocycles. The molecule has 0 aliphatic carbocycles. The van der Waals surface area contributed by atoms with Crippen LogP contribution in [0.1, 0.15) is 10.4 Å². The van der Waals surface area contributed by atoms with Gasteiger partial charge in [-0.3, -0.25) is 4.79 Å². The highest BCUT2D eigenvalue weighted by molar-refractivity contribution is 9.10. The Morgan fingerprint density at radius 1 is 1.30 bits per heavy atom. The first-order chi connectivity index (χ1) is 9.31. The van der Waals surface area contributed by atoms with Crippen LogP contribution in [-0.4, -0.2) is 48.6 Å². The fraction of sp³-hybridized carbons (Fsp3) is 0.250. The molecule has 8 heteroatoms. The average molecular weight is 344 g/mol. The van der Waals surface area contributed by atoms with E-state index in [1.165, 1.54) is 23.1 Å². The molecular weight excluding hydrogens is 330 g/mol. The van der Waals surface area contributed by atoms with Crippen LogP contribution in [0.2, 0.25) is 0 Å². The van der Waals surface area contributed by atoms with Crippen molar-refractivity contribution in [1.29, 1.82) is 0 Å². The number of hydrogen-bond donors (Lipinski definition) is 3. The molecule has 0 bridgehead atoms. The van der Waals surface area contributed by atoms with E-state index < -0.39 is 12.0 Å². The molecule has 0 heterocycles. The standard InChI is InChI=1S/C12H14BrN3O4/c1-16(2)10(17)6-14-12(20)15-9-5-7(11(18)19)3-4-8(9)13/h3-5H,6H2,1-2H3,(H,18,19)(H2,14,15,20). The fourth-order valence-electron chi connectivity index (χ4n) is 1.23. The van der Waals surface area contributed by atoms with Crippen LogP contribution in [0.4, 0.5) is 10.5 Å². The molecule has 20 heavy (non-hydrogen) atoms. The Balaban J connectivity index is 2.68. The van der Waals surface area contributed by atoms with Crippen molar-refractivity contribution in [1.82, 2.24) is 10.2 Å². The number of urea groups is 1. The third-order valence-electron chi connectivity index (χ3n) is 2.36. The van der Waals surface area contributed by atoms with Crippen LogP contribution in [0.15, 0.2) is 22.7 Å². The molecule has 1 aromatic rings. The fourth-order valence-corrected chi connectivity index (χ4v) is 1.58. The molecular formula is C12H14BrN3O4.